The van der Waals surface area contributed by atoms with Crippen molar-refractivity contribution in [2.75, 3.05) is 26.2 Å². The molecular formula is C17H28N4O2. The van der Waals surface area contributed by atoms with E-state index in [9.17, 15) is 0 Å². The van der Waals surface area contributed by atoms with Gasteiger partial charge in [0.2, 0.25) is 5.89 Å². The van der Waals surface area contributed by atoms with Crippen LogP contribution >= 0.6 is 0 Å². The zero-order valence-corrected chi connectivity index (χ0v) is 13.9. The summed E-state index contributed by atoms with van der Waals surface area (Å²) in [6.07, 6.45) is 9.06. The molecule has 6 heteroatoms. The van der Waals surface area contributed by atoms with E-state index in [4.69, 9.17) is 9.26 Å². The van der Waals surface area contributed by atoms with Crippen LogP contribution in [0.3, 0.4) is 0 Å². The van der Waals surface area contributed by atoms with Gasteiger partial charge in [-0.15, -0.1) is 0 Å². The Morgan fingerprint density at radius 3 is 2.91 bits per heavy atom. The monoisotopic (exact) mass is 320 g/mol. The lowest BCUT2D eigenvalue weighted by Crippen LogP contribution is -2.47. The van der Waals surface area contributed by atoms with E-state index in [0.717, 1.165) is 44.5 Å². The van der Waals surface area contributed by atoms with Crippen molar-refractivity contribution in [2.24, 2.45) is 0 Å². The molecule has 1 N–H and O–H groups in total. The molecule has 0 amide bonds. The summed E-state index contributed by atoms with van der Waals surface area (Å²) in [5, 5.41) is 7.86. The highest BCUT2D eigenvalue weighted by molar-refractivity contribution is 5.01. The Morgan fingerprint density at radius 2 is 2.09 bits per heavy atom. The Hall–Kier alpha value is -0.980. The molecule has 3 aliphatic rings. The molecule has 0 unspecified atom stereocenters. The molecule has 6 nitrogen and oxygen atoms in total. The van der Waals surface area contributed by atoms with Crippen molar-refractivity contribution in [3.05, 3.63) is 11.7 Å². The summed E-state index contributed by atoms with van der Waals surface area (Å²) < 4.78 is 11.2. The zero-order valence-electron chi connectivity index (χ0n) is 13.9. The van der Waals surface area contributed by atoms with Gasteiger partial charge in [0.05, 0.1) is 12.6 Å². The van der Waals surface area contributed by atoms with E-state index < -0.39 is 0 Å². The van der Waals surface area contributed by atoms with Crippen molar-refractivity contribution in [1.82, 2.24) is 20.4 Å². The molecule has 3 fully saturated rings. The minimum absolute atomic E-state index is 0.414. The lowest BCUT2D eigenvalue weighted by atomic mass is 10.0. The van der Waals surface area contributed by atoms with E-state index in [1.54, 1.807) is 0 Å². The van der Waals surface area contributed by atoms with Gasteiger partial charge >= 0.3 is 0 Å². The summed E-state index contributed by atoms with van der Waals surface area (Å²) in [5.41, 5.74) is 0. The van der Waals surface area contributed by atoms with Crippen molar-refractivity contribution in [2.45, 2.75) is 69.6 Å². The molecule has 2 saturated heterocycles. The van der Waals surface area contributed by atoms with Gasteiger partial charge < -0.3 is 14.6 Å². The molecule has 4 rings (SSSR count). The molecule has 2 aliphatic heterocycles. The second kappa shape index (κ2) is 7.28. The predicted octanol–water partition coefficient (Wildman–Crippen LogP) is 2.07. The first-order valence-electron chi connectivity index (χ1n) is 9.26. The third kappa shape index (κ3) is 4.31. The molecule has 0 aromatic carbocycles. The number of aromatic nitrogens is 2. The predicted molar refractivity (Wildman–Crippen MR) is 86.2 cm³/mol. The van der Waals surface area contributed by atoms with Crippen LogP contribution in [0.5, 0.6) is 0 Å². The Kier molecular flexibility index (Phi) is 4.92. The fourth-order valence-electron chi connectivity index (χ4n) is 3.66. The third-order valence-electron chi connectivity index (χ3n) is 5.19. The number of nitrogens with zero attached hydrogens (tertiary/aromatic N) is 3. The summed E-state index contributed by atoms with van der Waals surface area (Å²) in [6.45, 7) is 4.94. The van der Waals surface area contributed by atoms with Crippen LogP contribution in [0.1, 0.15) is 62.6 Å². The second-order valence-electron chi connectivity index (χ2n) is 7.29. The Labute approximate surface area is 137 Å². The summed E-state index contributed by atoms with van der Waals surface area (Å²) in [6, 6.07) is 0.559. The Balaban J connectivity index is 1.23. The van der Waals surface area contributed by atoms with Gasteiger partial charge in [0.25, 0.3) is 0 Å². The quantitative estimate of drug-likeness (QED) is 0.866. The van der Waals surface area contributed by atoms with Gasteiger partial charge in [0, 0.05) is 31.7 Å². The van der Waals surface area contributed by atoms with Gasteiger partial charge in [-0.2, -0.15) is 4.98 Å². The number of ether oxygens (including phenoxy) is 1. The maximum Gasteiger partial charge on any atom is 0.229 e. The molecule has 1 aliphatic carbocycles. The lowest BCUT2D eigenvalue weighted by molar-refractivity contribution is 0.0134. The molecular weight excluding hydrogens is 292 g/mol. The minimum atomic E-state index is 0.414. The van der Waals surface area contributed by atoms with Gasteiger partial charge in [0.15, 0.2) is 5.82 Å². The topological polar surface area (TPSA) is 63.4 Å². The van der Waals surface area contributed by atoms with E-state index in [-0.39, 0.29) is 0 Å². The SMILES string of the molecule is C1CC[C@H](CN[C@H]2CCCN(Cc3noc(C4CC4)n3)C2)OC1. The largest absolute Gasteiger partial charge is 0.377 e. The number of hydrogen-bond acceptors (Lipinski definition) is 6. The molecule has 2 atom stereocenters. The number of hydrogen-bond donors (Lipinski definition) is 1. The molecule has 0 radical (unpaired) electrons. The van der Waals surface area contributed by atoms with Crippen LogP contribution in [0.2, 0.25) is 0 Å². The fourth-order valence-corrected chi connectivity index (χ4v) is 3.66. The highest BCUT2D eigenvalue weighted by Gasteiger charge is 2.30. The smallest absolute Gasteiger partial charge is 0.229 e. The van der Waals surface area contributed by atoms with Gasteiger partial charge in [-0.05, 0) is 51.5 Å². The average Bonchev–Trinajstić information content (AvgIpc) is 3.34. The van der Waals surface area contributed by atoms with Crippen molar-refractivity contribution >= 4 is 0 Å². The van der Waals surface area contributed by atoms with Crippen LogP contribution in [0, 0.1) is 0 Å². The first-order valence-corrected chi connectivity index (χ1v) is 9.26. The van der Waals surface area contributed by atoms with Gasteiger partial charge in [-0.1, -0.05) is 5.16 Å². The average molecular weight is 320 g/mol. The number of nitrogens with one attached hydrogen (secondary N) is 1. The molecule has 1 aromatic heterocycles. The van der Waals surface area contributed by atoms with Gasteiger partial charge in [0.1, 0.15) is 0 Å². The second-order valence-corrected chi connectivity index (χ2v) is 7.29. The zero-order chi connectivity index (χ0) is 15.5. The maximum atomic E-state index is 5.81. The number of rotatable bonds is 6. The first kappa shape index (κ1) is 15.5. The van der Waals surface area contributed by atoms with Crippen LogP contribution in [-0.4, -0.2) is 53.4 Å². The van der Waals surface area contributed by atoms with Crippen molar-refractivity contribution < 1.29 is 9.26 Å². The minimum Gasteiger partial charge on any atom is -0.377 e. The van der Waals surface area contributed by atoms with E-state index in [2.05, 4.69) is 20.4 Å². The maximum absolute atomic E-state index is 5.81. The van der Waals surface area contributed by atoms with Crippen molar-refractivity contribution in [1.29, 1.82) is 0 Å². The molecule has 23 heavy (non-hydrogen) atoms. The van der Waals surface area contributed by atoms with Crippen LogP contribution in [0.4, 0.5) is 0 Å². The third-order valence-corrected chi connectivity index (χ3v) is 5.19. The summed E-state index contributed by atoms with van der Waals surface area (Å²) in [4.78, 5) is 7.00. The van der Waals surface area contributed by atoms with Crippen molar-refractivity contribution in [3.63, 3.8) is 0 Å². The molecule has 1 saturated carbocycles. The van der Waals surface area contributed by atoms with Gasteiger partial charge in [-0.25, -0.2) is 0 Å². The van der Waals surface area contributed by atoms with E-state index in [1.165, 1.54) is 44.9 Å². The van der Waals surface area contributed by atoms with Crippen LogP contribution in [0.25, 0.3) is 0 Å². The van der Waals surface area contributed by atoms with Crippen molar-refractivity contribution in [3.8, 4) is 0 Å². The molecule has 3 heterocycles. The van der Waals surface area contributed by atoms with Gasteiger partial charge in [-0.3, -0.25) is 4.90 Å². The van der Waals surface area contributed by atoms with Crippen LogP contribution in [0.15, 0.2) is 4.52 Å². The molecule has 0 bridgehead atoms. The number of likely N-dealkylation sites (tertiary alicyclic amines) is 1. The highest BCUT2D eigenvalue weighted by atomic mass is 16.5. The summed E-state index contributed by atoms with van der Waals surface area (Å²) in [5.74, 6) is 2.24. The summed E-state index contributed by atoms with van der Waals surface area (Å²) in [7, 11) is 0. The summed E-state index contributed by atoms with van der Waals surface area (Å²) >= 11 is 0. The van der Waals surface area contributed by atoms with Crippen LogP contribution < -0.4 is 5.32 Å². The Morgan fingerprint density at radius 1 is 1.13 bits per heavy atom. The van der Waals surface area contributed by atoms with E-state index in [0.29, 0.717) is 18.1 Å². The van der Waals surface area contributed by atoms with Crippen LogP contribution in [-0.2, 0) is 11.3 Å². The molecule has 0 spiro atoms. The molecule has 128 valence electrons. The van der Waals surface area contributed by atoms with E-state index >= 15 is 0 Å². The lowest BCUT2D eigenvalue weighted by Gasteiger charge is -2.33. The first-order chi connectivity index (χ1) is 11.4. The standard InChI is InChI=1S/C17H28N4O2/c1-2-9-22-15(5-1)10-18-14-4-3-8-21(11-14)12-16-19-17(23-20-16)13-6-7-13/h13-15,18H,1-12H2/t14-,15+/m0/s1. The highest BCUT2D eigenvalue weighted by Crippen LogP contribution is 2.38. The molecule has 1 aromatic rings. The normalized spacial score (nSPS) is 29.7. The number of piperidine rings is 1. The Bertz CT molecular complexity index is 497. The van der Waals surface area contributed by atoms with E-state index in [1.807, 2.05) is 0 Å². The fraction of sp³-hybridized carbons (Fsp3) is 0.882.